The van der Waals surface area contributed by atoms with Gasteiger partial charge >= 0.3 is 17.8 Å². The molecule has 0 aliphatic heterocycles. The van der Waals surface area contributed by atoms with Crippen LogP contribution in [0.2, 0.25) is 0 Å². The van der Waals surface area contributed by atoms with E-state index in [-0.39, 0.29) is 0 Å². The second-order valence-corrected chi connectivity index (χ2v) is 1.95. The van der Waals surface area contributed by atoms with Crippen molar-refractivity contribution in [1.82, 2.24) is 0 Å². The summed E-state index contributed by atoms with van der Waals surface area (Å²) in [5.41, 5.74) is 4.11. The summed E-state index contributed by atoms with van der Waals surface area (Å²) in [6, 6.07) is -1.40. The van der Waals surface area contributed by atoms with Crippen molar-refractivity contribution in [2.45, 2.75) is 0 Å². The molecule has 0 bridgehead atoms. The minimum absolute atomic E-state index is 0.512. The van der Waals surface area contributed by atoms with Gasteiger partial charge in [0.2, 0.25) is 0 Å². The molecule has 66 valence electrons. The van der Waals surface area contributed by atoms with Crippen LogP contribution >= 0.6 is 0 Å². The molecule has 0 fully saturated rings. The first-order chi connectivity index (χ1) is 5.46. The quantitative estimate of drug-likeness (QED) is 0.257. The Morgan fingerprint density at radius 1 is 1.00 bits per heavy atom. The van der Waals surface area contributed by atoms with Crippen LogP contribution in [0.25, 0.3) is 0 Å². The van der Waals surface area contributed by atoms with Crippen LogP contribution in [-0.2, 0) is 0 Å². The van der Waals surface area contributed by atoms with Gasteiger partial charge in [-0.05, 0) is 9.46 Å². The summed E-state index contributed by atoms with van der Waals surface area (Å²) in [7, 11) is 0. The van der Waals surface area contributed by atoms with E-state index in [2.05, 4.69) is 0 Å². The number of nitrogens with two attached hydrogens (primary N) is 1. The molecule has 0 saturated heterocycles. The van der Waals surface area contributed by atoms with Crippen molar-refractivity contribution in [3.05, 3.63) is 10.4 Å². The van der Waals surface area contributed by atoms with Gasteiger partial charge in [0.05, 0.1) is 0 Å². The van der Waals surface area contributed by atoms with E-state index >= 15 is 0 Å². The molecule has 8 heteroatoms. The minimum Gasteiger partial charge on any atom is -0.609 e. The van der Waals surface area contributed by atoms with E-state index < -0.39 is 32.9 Å². The number of hydrogen-bond donors (Lipinski definition) is 4. The maximum absolute atomic E-state index is 10.6. The van der Waals surface area contributed by atoms with Crippen molar-refractivity contribution in [1.29, 1.82) is 0 Å². The summed E-state index contributed by atoms with van der Waals surface area (Å²) in [6.45, 7) is 0. The van der Waals surface area contributed by atoms with Gasteiger partial charge in [-0.15, -0.1) is 0 Å². The fourth-order valence-corrected chi connectivity index (χ4v) is 0.591. The zero-order chi connectivity index (χ0) is 9.46. The Kier molecular flexibility index (Phi) is 1.45. The van der Waals surface area contributed by atoms with Crippen molar-refractivity contribution in [3.63, 3.8) is 0 Å². The van der Waals surface area contributed by atoms with E-state index in [1.54, 1.807) is 0 Å². The van der Waals surface area contributed by atoms with Gasteiger partial charge in [-0.2, -0.15) is 0 Å². The maximum Gasteiger partial charge on any atom is 0.658 e. The van der Waals surface area contributed by atoms with E-state index in [1.165, 1.54) is 0 Å². The number of aromatic nitrogens is 2. The molecular weight excluding hydrogens is 170 g/mol. The molecule has 1 rings (SSSR count). The first kappa shape index (κ1) is 7.98. The van der Waals surface area contributed by atoms with Crippen LogP contribution < -0.4 is 15.2 Å². The summed E-state index contributed by atoms with van der Waals surface area (Å²) in [5.74, 6) is -2.26. The van der Waals surface area contributed by atoms with Gasteiger partial charge in [0.25, 0.3) is 5.69 Å². The smallest absolute Gasteiger partial charge is 0.609 e. The van der Waals surface area contributed by atoms with Gasteiger partial charge in [0.15, 0.2) is 0 Å². The summed E-state index contributed by atoms with van der Waals surface area (Å²) >= 11 is 0. The summed E-state index contributed by atoms with van der Waals surface area (Å²) in [6.07, 6.45) is 0. The van der Waals surface area contributed by atoms with Crippen LogP contribution in [0.1, 0.15) is 0 Å². The van der Waals surface area contributed by atoms with Gasteiger partial charge < -0.3 is 31.5 Å². The Morgan fingerprint density at radius 3 is 1.67 bits per heavy atom. The average molecular weight is 175 g/mol. The second kappa shape index (κ2) is 2.19. The minimum atomic E-state index is -1.40. The number of nitrogen functional groups attached to an aromatic ring is 1. The monoisotopic (exact) mass is 175 g/mol. The van der Waals surface area contributed by atoms with Crippen LogP contribution in [0.3, 0.4) is 0 Å². The highest BCUT2D eigenvalue weighted by Gasteiger charge is 2.30. The van der Waals surface area contributed by atoms with Crippen molar-refractivity contribution in [2.75, 3.05) is 5.73 Å². The van der Waals surface area contributed by atoms with E-state index in [1.807, 2.05) is 0 Å². The highest BCUT2D eigenvalue weighted by molar-refractivity contribution is 5.50. The van der Waals surface area contributed by atoms with Gasteiger partial charge in [-0.25, -0.2) is 0 Å². The van der Waals surface area contributed by atoms with Crippen molar-refractivity contribution in [2.24, 2.45) is 0 Å². The summed E-state index contributed by atoms with van der Waals surface area (Å²) < 4.78 is -1.02. The third-order valence-corrected chi connectivity index (χ3v) is 1.23. The molecule has 12 heavy (non-hydrogen) atoms. The largest absolute Gasteiger partial charge is 0.658 e. The zero-order valence-corrected chi connectivity index (χ0v) is 5.63. The Hall–Kier alpha value is -2.12. The molecule has 1 aromatic rings. The molecule has 0 atom stereocenters. The molecule has 8 nitrogen and oxygen atoms in total. The maximum atomic E-state index is 10.6. The molecule has 5 N–H and O–H groups in total. The predicted molar refractivity (Wildman–Crippen MR) is 33.8 cm³/mol. The standard InChI is InChI=1S/C4H5N3O5/c5-1-2(8)6(11)4(10)7(12)3(1)9/h8-10H,5H2. The fraction of sp³-hybridized carbons (Fsp3) is 0. The normalized spacial score (nSPS) is 10.0. The number of anilines is 1. The molecule has 0 spiro atoms. The topological polar surface area (TPSA) is 141 Å². The van der Waals surface area contributed by atoms with Crippen LogP contribution in [-0.4, -0.2) is 15.3 Å². The fourth-order valence-electron chi connectivity index (χ4n) is 0.591. The zero-order valence-electron chi connectivity index (χ0n) is 5.63. The summed E-state index contributed by atoms with van der Waals surface area (Å²) in [4.78, 5) is 0. The van der Waals surface area contributed by atoms with E-state index in [9.17, 15) is 10.4 Å². The molecule has 0 radical (unpaired) electrons. The highest BCUT2D eigenvalue weighted by Crippen LogP contribution is 2.23. The number of rotatable bonds is 0. The molecule has 0 amide bonds. The van der Waals surface area contributed by atoms with E-state index in [0.29, 0.717) is 0 Å². The average Bonchev–Trinajstić information content (AvgIpc) is 2.08. The number of aromatic hydroxyl groups is 3. The lowest BCUT2D eigenvalue weighted by atomic mass is 10.5. The van der Waals surface area contributed by atoms with Gasteiger partial charge in [0, 0.05) is 0 Å². The third kappa shape index (κ3) is 0.779. The Balaban J connectivity index is 3.60. The van der Waals surface area contributed by atoms with Gasteiger partial charge in [-0.3, -0.25) is 0 Å². The third-order valence-electron chi connectivity index (χ3n) is 1.23. The lowest BCUT2D eigenvalue weighted by Gasteiger charge is -2.03. The van der Waals surface area contributed by atoms with Crippen LogP contribution in [0, 0.1) is 10.4 Å². The molecule has 0 aliphatic carbocycles. The first-order valence-corrected chi connectivity index (χ1v) is 2.72. The lowest BCUT2D eigenvalue weighted by molar-refractivity contribution is -0.757. The molecule has 0 aromatic carbocycles. The Bertz CT molecular complexity index is 233. The Labute approximate surface area is 65.5 Å². The molecule has 0 saturated carbocycles. The molecule has 1 aromatic heterocycles. The van der Waals surface area contributed by atoms with Crippen LogP contribution in [0.15, 0.2) is 0 Å². The van der Waals surface area contributed by atoms with E-state index in [4.69, 9.17) is 21.1 Å². The molecule has 0 unspecified atom stereocenters. The number of hydrogen-bond acceptors (Lipinski definition) is 6. The SMILES string of the molecule is Nc1c(O)[n+]([O-])c(O)[n+]([O-])c1O. The second-order valence-electron chi connectivity index (χ2n) is 1.95. The van der Waals surface area contributed by atoms with Crippen LogP contribution in [0.5, 0.6) is 17.8 Å². The van der Waals surface area contributed by atoms with Crippen molar-refractivity contribution < 1.29 is 24.8 Å². The predicted octanol–water partition coefficient (Wildman–Crippen LogP) is -2.35. The summed E-state index contributed by atoms with van der Waals surface area (Å²) in [5, 5.41) is 47.2. The molecular formula is C4H5N3O5. The highest BCUT2D eigenvalue weighted by atomic mass is 16.6. The lowest BCUT2D eigenvalue weighted by Crippen LogP contribution is -2.42. The molecule has 1 heterocycles. The number of nitrogens with zero attached hydrogens (tertiary/aromatic N) is 2. The van der Waals surface area contributed by atoms with Gasteiger partial charge in [0.1, 0.15) is 0 Å². The first-order valence-electron chi connectivity index (χ1n) is 2.72. The van der Waals surface area contributed by atoms with E-state index in [0.717, 1.165) is 0 Å². The van der Waals surface area contributed by atoms with Crippen molar-refractivity contribution >= 4 is 5.69 Å². The van der Waals surface area contributed by atoms with Crippen LogP contribution in [0.4, 0.5) is 5.69 Å². The van der Waals surface area contributed by atoms with Crippen molar-refractivity contribution in [3.8, 4) is 17.8 Å². The van der Waals surface area contributed by atoms with Gasteiger partial charge in [-0.1, -0.05) is 0 Å². The Morgan fingerprint density at radius 2 is 1.33 bits per heavy atom. The molecule has 0 aliphatic rings.